The van der Waals surface area contributed by atoms with Crippen LogP contribution in [0.25, 0.3) is 0 Å². The molecule has 0 spiro atoms. The molecule has 1 aliphatic rings. The first-order chi connectivity index (χ1) is 14.5. The van der Waals surface area contributed by atoms with Gasteiger partial charge in [0.25, 0.3) is 5.91 Å². The average molecular weight is 463 g/mol. The van der Waals surface area contributed by atoms with E-state index < -0.39 is 10.0 Å². The molecular formula is C24H31ClN2O3S. The van der Waals surface area contributed by atoms with Gasteiger partial charge in [-0.3, -0.25) is 4.79 Å². The largest absolute Gasteiger partial charge is 0.345 e. The average Bonchev–Trinajstić information content (AvgIpc) is 2.71. The van der Waals surface area contributed by atoms with Crippen LogP contribution in [0.2, 0.25) is 5.02 Å². The van der Waals surface area contributed by atoms with Gasteiger partial charge in [-0.25, -0.2) is 8.42 Å². The number of halogens is 1. The van der Waals surface area contributed by atoms with E-state index in [4.69, 9.17) is 11.6 Å². The molecule has 2 aromatic carbocycles. The summed E-state index contributed by atoms with van der Waals surface area (Å²) in [7, 11) is -3.66. The Bertz CT molecular complexity index is 1090. The molecule has 1 atom stereocenters. The van der Waals surface area contributed by atoms with Gasteiger partial charge in [0.1, 0.15) is 0 Å². The molecule has 0 aliphatic carbocycles. The number of nitrogens with zero attached hydrogens (tertiary/aromatic N) is 1. The summed E-state index contributed by atoms with van der Waals surface area (Å²) in [6.07, 6.45) is 1.68. The van der Waals surface area contributed by atoms with Gasteiger partial charge < -0.3 is 5.32 Å². The highest BCUT2D eigenvalue weighted by Gasteiger charge is 2.29. The van der Waals surface area contributed by atoms with Gasteiger partial charge in [-0.1, -0.05) is 30.7 Å². The maximum absolute atomic E-state index is 13.1. The summed E-state index contributed by atoms with van der Waals surface area (Å²) >= 11 is 6.28. The Kier molecular flexibility index (Phi) is 7.14. The minimum atomic E-state index is -3.66. The normalized spacial score (nSPS) is 16.8. The van der Waals surface area contributed by atoms with Crippen molar-refractivity contribution in [1.29, 1.82) is 0 Å². The Hall–Kier alpha value is -1.89. The SMILES string of the molecule is Cc1cc(C)c([C@@H](C)NC(=O)c2cc(S(=O)(=O)N3CCC(C)CC3)ccc2Cl)cc1C. The zero-order valence-electron chi connectivity index (χ0n) is 18.8. The molecule has 2 aromatic rings. The van der Waals surface area contributed by atoms with Crippen LogP contribution in [-0.4, -0.2) is 31.7 Å². The molecule has 0 bridgehead atoms. The lowest BCUT2D eigenvalue weighted by Crippen LogP contribution is -2.38. The number of rotatable bonds is 5. The lowest BCUT2D eigenvalue weighted by atomic mass is 9.96. The molecule has 0 saturated carbocycles. The first-order valence-electron chi connectivity index (χ1n) is 10.7. The molecule has 31 heavy (non-hydrogen) atoms. The second-order valence-corrected chi connectivity index (χ2v) is 11.1. The fourth-order valence-corrected chi connectivity index (χ4v) is 5.71. The predicted molar refractivity (Wildman–Crippen MR) is 125 cm³/mol. The van der Waals surface area contributed by atoms with Crippen LogP contribution in [0.5, 0.6) is 0 Å². The lowest BCUT2D eigenvalue weighted by Gasteiger charge is -2.29. The molecule has 0 unspecified atom stereocenters. The highest BCUT2D eigenvalue weighted by Crippen LogP contribution is 2.28. The highest BCUT2D eigenvalue weighted by molar-refractivity contribution is 7.89. The number of amides is 1. The lowest BCUT2D eigenvalue weighted by molar-refractivity contribution is 0.0939. The summed E-state index contributed by atoms with van der Waals surface area (Å²) < 4.78 is 27.7. The Labute approximate surface area is 190 Å². The molecule has 1 N–H and O–H groups in total. The van der Waals surface area contributed by atoms with E-state index in [0.29, 0.717) is 19.0 Å². The number of carbonyl (C=O) groups is 1. The van der Waals surface area contributed by atoms with Gasteiger partial charge in [-0.2, -0.15) is 4.31 Å². The van der Waals surface area contributed by atoms with Crippen molar-refractivity contribution in [3.63, 3.8) is 0 Å². The molecule has 1 fully saturated rings. The number of hydrogen-bond donors (Lipinski definition) is 1. The monoisotopic (exact) mass is 462 g/mol. The summed E-state index contributed by atoms with van der Waals surface area (Å²) in [5.41, 5.74) is 4.65. The number of nitrogens with one attached hydrogen (secondary N) is 1. The second kappa shape index (κ2) is 9.31. The Morgan fingerprint density at radius 1 is 1.06 bits per heavy atom. The number of piperidine rings is 1. The van der Waals surface area contributed by atoms with Crippen LogP contribution in [0.1, 0.15) is 65.3 Å². The van der Waals surface area contributed by atoms with Gasteiger partial charge in [0.05, 0.1) is 21.5 Å². The number of carbonyl (C=O) groups excluding carboxylic acids is 1. The maximum atomic E-state index is 13.1. The van der Waals surface area contributed by atoms with Gasteiger partial charge >= 0.3 is 0 Å². The second-order valence-electron chi connectivity index (χ2n) is 8.72. The molecule has 0 aromatic heterocycles. The molecule has 0 radical (unpaired) electrons. The molecule has 7 heteroatoms. The maximum Gasteiger partial charge on any atom is 0.253 e. The Balaban J connectivity index is 1.84. The van der Waals surface area contributed by atoms with Gasteiger partial charge in [0.15, 0.2) is 0 Å². The fraction of sp³-hybridized carbons (Fsp3) is 0.458. The zero-order chi connectivity index (χ0) is 22.9. The number of sulfonamides is 1. The fourth-order valence-electron chi connectivity index (χ4n) is 4.01. The van der Waals surface area contributed by atoms with E-state index >= 15 is 0 Å². The van der Waals surface area contributed by atoms with Gasteiger partial charge in [-0.05, 0) is 86.9 Å². The van der Waals surface area contributed by atoms with Crippen molar-refractivity contribution in [3.8, 4) is 0 Å². The molecule has 1 aliphatic heterocycles. The molecule has 1 saturated heterocycles. The van der Waals surface area contributed by atoms with Crippen LogP contribution in [-0.2, 0) is 10.0 Å². The summed E-state index contributed by atoms with van der Waals surface area (Å²) in [5, 5.41) is 3.20. The van der Waals surface area contributed by atoms with E-state index in [0.717, 1.165) is 29.5 Å². The van der Waals surface area contributed by atoms with Gasteiger partial charge in [0, 0.05) is 13.1 Å². The number of benzene rings is 2. The van der Waals surface area contributed by atoms with Crippen molar-refractivity contribution in [2.24, 2.45) is 5.92 Å². The van der Waals surface area contributed by atoms with Crippen molar-refractivity contribution in [3.05, 3.63) is 63.2 Å². The molecule has 3 rings (SSSR count). The molecule has 168 valence electrons. The first kappa shape index (κ1) is 23.8. The van der Waals surface area contributed by atoms with Gasteiger partial charge in [0.2, 0.25) is 10.0 Å². The third-order valence-corrected chi connectivity index (χ3v) is 8.48. The van der Waals surface area contributed by atoms with Crippen molar-refractivity contribution in [1.82, 2.24) is 9.62 Å². The summed E-state index contributed by atoms with van der Waals surface area (Å²) in [4.78, 5) is 13.1. The van der Waals surface area contributed by atoms with Crippen molar-refractivity contribution < 1.29 is 13.2 Å². The van der Waals surface area contributed by atoms with Crippen LogP contribution in [0, 0.1) is 26.7 Å². The minimum absolute atomic E-state index is 0.103. The van der Waals surface area contributed by atoms with E-state index in [1.807, 2.05) is 20.8 Å². The van der Waals surface area contributed by atoms with Crippen LogP contribution < -0.4 is 5.32 Å². The van der Waals surface area contributed by atoms with Crippen LogP contribution in [0.3, 0.4) is 0 Å². The standard InChI is InChI=1S/C24H31ClN2O3S/c1-15-8-10-27(11-9-15)31(29,30)20-6-7-23(25)22(14-20)24(28)26-19(5)21-13-17(3)16(2)12-18(21)4/h6-7,12-15,19H,8-11H2,1-5H3,(H,26,28)/t19-/m1/s1. The molecular weight excluding hydrogens is 432 g/mol. The van der Waals surface area contributed by atoms with Crippen LogP contribution in [0.15, 0.2) is 35.2 Å². The predicted octanol–water partition coefficient (Wildman–Crippen LogP) is 5.18. The van der Waals surface area contributed by atoms with Crippen LogP contribution >= 0.6 is 11.6 Å². The van der Waals surface area contributed by atoms with Crippen LogP contribution in [0.4, 0.5) is 0 Å². The van der Waals surface area contributed by atoms with E-state index in [1.54, 1.807) is 0 Å². The van der Waals surface area contributed by atoms with Gasteiger partial charge in [-0.15, -0.1) is 0 Å². The Morgan fingerprint density at radius 2 is 1.68 bits per heavy atom. The topological polar surface area (TPSA) is 66.5 Å². The van der Waals surface area contributed by atoms with E-state index in [2.05, 4.69) is 31.3 Å². The van der Waals surface area contributed by atoms with Crippen molar-refractivity contribution in [2.75, 3.05) is 13.1 Å². The number of aryl methyl sites for hydroxylation is 3. The first-order valence-corrected chi connectivity index (χ1v) is 12.5. The third-order valence-electron chi connectivity index (χ3n) is 6.26. The summed E-state index contributed by atoms with van der Waals surface area (Å²) in [5.74, 6) is 0.132. The number of hydrogen-bond acceptors (Lipinski definition) is 3. The third kappa shape index (κ3) is 5.13. The Morgan fingerprint density at radius 3 is 2.32 bits per heavy atom. The highest BCUT2D eigenvalue weighted by atomic mass is 35.5. The van der Waals surface area contributed by atoms with Crippen molar-refractivity contribution >= 4 is 27.5 Å². The smallest absolute Gasteiger partial charge is 0.253 e. The van der Waals surface area contributed by atoms with Crippen molar-refractivity contribution in [2.45, 2.75) is 58.4 Å². The molecule has 5 nitrogen and oxygen atoms in total. The van der Waals surface area contributed by atoms with E-state index in [1.165, 1.54) is 28.1 Å². The summed E-state index contributed by atoms with van der Waals surface area (Å²) in [6, 6.07) is 8.30. The molecule has 1 heterocycles. The minimum Gasteiger partial charge on any atom is -0.345 e. The molecule has 1 amide bonds. The van der Waals surface area contributed by atoms with E-state index in [9.17, 15) is 13.2 Å². The quantitative estimate of drug-likeness (QED) is 0.665. The van der Waals surface area contributed by atoms with E-state index in [-0.39, 0.29) is 27.4 Å². The summed E-state index contributed by atoms with van der Waals surface area (Å²) in [6.45, 7) is 11.2. The zero-order valence-corrected chi connectivity index (χ0v) is 20.4.